The maximum atomic E-state index is 13.0. The summed E-state index contributed by atoms with van der Waals surface area (Å²) in [5.74, 6) is -0.905. The summed E-state index contributed by atoms with van der Waals surface area (Å²) in [4.78, 5) is 17.9. The van der Waals surface area contributed by atoms with Crippen LogP contribution in [-0.4, -0.2) is 35.5 Å². The number of aryl methyl sites for hydroxylation is 1. The Morgan fingerprint density at radius 3 is 2.88 bits per heavy atom. The lowest BCUT2D eigenvalue weighted by Gasteiger charge is -2.09. The van der Waals surface area contributed by atoms with Crippen molar-refractivity contribution >= 4 is 28.2 Å². The number of rotatable bonds is 4. The number of hydrogen-bond acceptors (Lipinski definition) is 7. The number of carbonyl (C=O) groups excluding carboxylic acids is 1. The fourth-order valence-electron chi connectivity index (χ4n) is 2.73. The summed E-state index contributed by atoms with van der Waals surface area (Å²) in [6, 6.07) is 11.4. The molecule has 9 heteroatoms. The maximum absolute atomic E-state index is 13.0. The van der Waals surface area contributed by atoms with Crippen LogP contribution in [0.4, 0.5) is 0 Å². The summed E-state index contributed by atoms with van der Waals surface area (Å²) < 4.78 is 3.19. The molecule has 0 radical (unpaired) electrons. The predicted molar refractivity (Wildman–Crippen MR) is 90.4 cm³/mol. The van der Waals surface area contributed by atoms with E-state index in [1.807, 2.05) is 24.3 Å². The Morgan fingerprint density at radius 1 is 1.32 bits per heavy atom. The summed E-state index contributed by atoms with van der Waals surface area (Å²) in [6.45, 7) is 0. The zero-order valence-electron chi connectivity index (χ0n) is 13.1. The molecular formula is C16H11N7OS. The first-order valence-electron chi connectivity index (χ1n) is 7.36. The van der Waals surface area contributed by atoms with Crippen molar-refractivity contribution in [3.8, 4) is 11.8 Å². The van der Waals surface area contributed by atoms with Crippen LogP contribution in [0.5, 0.6) is 0 Å². The van der Waals surface area contributed by atoms with Crippen molar-refractivity contribution in [2.75, 3.05) is 0 Å². The molecule has 25 heavy (non-hydrogen) atoms. The molecular weight excluding hydrogens is 338 g/mol. The van der Waals surface area contributed by atoms with Crippen LogP contribution in [0.25, 0.3) is 16.7 Å². The average molecular weight is 349 g/mol. The van der Waals surface area contributed by atoms with Crippen LogP contribution >= 0.6 is 11.3 Å². The van der Waals surface area contributed by atoms with Gasteiger partial charge in [0.15, 0.2) is 11.7 Å². The number of fused-ring (bicyclic) bond motifs is 1. The number of thiophene rings is 1. The van der Waals surface area contributed by atoms with Gasteiger partial charge in [-0.05, 0) is 34.0 Å². The van der Waals surface area contributed by atoms with Crippen molar-refractivity contribution in [2.24, 2.45) is 7.05 Å². The zero-order chi connectivity index (χ0) is 17.4. The Hall–Kier alpha value is -3.38. The first-order valence-corrected chi connectivity index (χ1v) is 8.24. The van der Waals surface area contributed by atoms with E-state index >= 15 is 0 Å². The fraction of sp³-hybridized carbons (Fsp3) is 0.125. The minimum atomic E-state index is -1.01. The van der Waals surface area contributed by atoms with Crippen LogP contribution in [0.15, 0.2) is 42.0 Å². The highest BCUT2D eigenvalue weighted by Crippen LogP contribution is 2.29. The minimum Gasteiger partial charge on any atom is -0.330 e. The van der Waals surface area contributed by atoms with Gasteiger partial charge in [0.1, 0.15) is 12.2 Å². The predicted octanol–water partition coefficient (Wildman–Crippen LogP) is 2.10. The van der Waals surface area contributed by atoms with Crippen LogP contribution < -0.4 is 0 Å². The smallest absolute Gasteiger partial charge is 0.199 e. The van der Waals surface area contributed by atoms with E-state index in [-0.39, 0.29) is 5.78 Å². The third-order valence-corrected chi connectivity index (χ3v) is 4.85. The Bertz CT molecular complexity index is 1100. The second-order valence-corrected chi connectivity index (χ2v) is 6.25. The zero-order valence-corrected chi connectivity index (χ0v) is 13.9. The van der Waals surface area contributed by atoms with E-state index in [4.69, 9.17) is 0 Å². The first-order chi connectivity index (χ1) is 12.2. The van der Waals surface area contributed by atoms with Crippen molar-refractivity contribution in [2.45, 2.75) is 5.92 Å². The summed E-state index contributed by atoms with van der Waals surface area (Å²) in [7, 11) is 1.80. The second kappa shape index (κ2) is 5.92. The van der Waals surface area contributed by atoms with Crippen LogP contribution in [0, 0.1) is 11.3 Å². The molecule has 3 aromatic heterocycles. The van der Waals surface area contributed by atoms with Gasteiger partial charge in [-0.15, -0.1) is 16.4 Å². The molecule has 0 spiro atoms. The number of para-hydroxylation sites is 2. The molecule has 4 aromatic rings. The van der Waals surface area contributed by atoms with Crippen molar-refractivity contribution in [3.63, 3.8) is 0 Å². The molecule has 0 aliphatic carbocycles. The highest BCUT2D eigenvalue weighted by atomic mass is 32.1. The van der Waals surface area contributed by atoms with Gasteiger partial charge in [0.05, 0.1) is 27.7 Å². The van der Waals surface area contributed by atoms with E-state index < -0.39 is 5.92 Å². The molecule has 4 rings (SSSR count). The molecule has 0 aliphatic rings. The quantitative estimate of drug-likeness (QED) is 0.523. The standard InChI is InChI=1S/C16H11N7OS/c1-22-12-5-3-2-4-11(12)19-16(22)10(8-17)14(24)15-13(6-7-25-15)23-9-18-20-21-23/h2-7,9-10H,1H3/t10-/m0/s1. The van der Waals surface area contributed by atoms with Gasteiger partial charge < -0.3 is 4.57 Å². The molecule has 122 valence electrons. The van der Waals surface area contributed by atoms with Crippen molar-refractivity contribution in [1.29, 1.82) is 5.26 Å². The average Bonchev–Trinajstić information content (AvgIpc) is 3.36. The first kappa shape index (κ1) is 15.2. The highest BCUT2D eigenvalue weighted by molar-refractivity contribution is 7.12. The van der Waals surface area contributed by atoms with Crippen LogP contribution in [-0.2, 0) is 7.05 Å². The number of benzene rings is 1. The van der Waals surface area contributed by atoms with E-state index in [0.29, 0.717) is 16.4 Å². The van der Waals surface area contributed by atoms with Crippen molar-refractivity contribution in [3.05, 3.63) is 52.7 Å². The molecule has 3 heterocycles. The van der Waals surface area contributed by atoms with Gasteiger partial charge in [0.25, 0.3) is 0 Å². The number of tetrazole rings is 1. The van der Waals surface area contributed by atoms with Gasteiger partial charge in [-0.3, -0.25) is 4.79 Å². The molecule has 0 aliphatic heterocycles. The highest BCUT2D eigenvalue weighted by Gasteiger charge is 2.30. The lowest BCUT2D eigenvalue weighted by molar-refractivity contribution is 0.0979. The molecule has 0 amide bonds. The van der Waals surface area contributed by atoms with E-state index in [1.54, 1.807) is 23.1 Å². The van der Waals surface area contributed by atoms with Crippen LogP contribution in [0.1, 0.15) is 21.4 Å². The topological polar surface area (TPSA) is 102 Å². The number of hydrogen-bond donors (Lipinski definition) is 0. The Labute approximate surface area is 146 Å². The van der Waals surface area contributed by atoms with Crippen molar-refractivity contribution in [1.82, 2.24) is 29.8 Å². The monoisotopic (exact) mass is 349 g/mol. The summed E-state index contributed by atoms with van der Waals surface area (Å²) in [5.41, 5.74) is 2.18. The third kappa shape index (κ3) is 2.40. The summed E-state index contributed by atoms with van der Waals surface area (Å²) >= 11 is 1.25. The Morgan fingerprint density at radius 2 is 2.16 bits per heavy atom. The number of aromatic nitrogens is 6. The van der Waals surface area contributed by atoms with Crippen LogP contribution in [0.2, 0.25) is 0 Å². The molecule has 0 fully saturated rings. The van der Waals surface area contributed by atoms with Gasteiger partial charge >= 0.3 is 0 Å². The number of carbonyl (C=O) groups is 1. The molecule has 1 atom stereocenters. The van der Waals surface area contributed by atoms with Gasteiger partial charge in [-0.25, -0.2) is 4.98 Å². The van der Waals surface area contributed by atoms with E-state index in [1.165, 1.54) is 22.3 Å². The Kier molecular flexibility index (Phi) is 3.59. The second-order valence-electron chi connectivity index (χ2n) is 5.33. The number of nitrogens with zero attached hydrogens (tertiary/aromatic N) is 7. The Balaban J connectivity index is 1.80. The lowest BCUT2D eigenvalue weighted by Crippen LogP contribution is -2.16. The van der Waals surface area contributed by atoms with Gasteiger partial charge in [0.2, 0.25) is 0 Å². The van der Waals surface area contributed by atoms with E-state index in [0.717, 1.165) is 11.0 Å². The number of nitriles is 1. The number of imidazole rings is 1. The van der Waals surface area contributed by atoms with Gasteiger partial charge in [0, 0.05) is 7.05 Å². The molecule has 0 saturated heterocycles. The normalized spacial score (nSPS) is 12.2. The third-order valence-electron chi connectivity index (χ3n) is 3.94. The molecule has 8 nitrogen and oxygen atoms in total. The number of Topliss-reactive ketones (excluding diaryl/α,β-unsaturated/α-hetero) is 1. The minimum absolute atomic E-state index is 0.318. The van der Waals surface area contributed by atoms with Gasteiger partial charge in [-0.1, -0.05) is 12.1 Å². The van der Waals surface area contributed by atoms with E-state index in [2.05, 4.69) is 26.6 Å². The SMILES string of the molecule is Cn1c([C@@H](C#N)C(=O)c2sccc2-n2cnnn2)nc2ccccc21. The van der Waals surface area contributed by atoms with Gasteiger partial charge in [-0.2, -0.15) is 9.94 Å². The van der Waals surface area contributed by atoms with Crippen LogP contribution in [0.3, 0.4) is 0 Å². The fourth-order valence-corrected chi connectivity index (χ4v) is 3.58. The molecule has 1 aromatic carbocycles. The largest absolute Gasteiger partial charge is 0.330 e. The summed E-state index contributed by atoms with van der Waals surface area (Å²) in [5, 5.41) is 22.4. The number of ketones is 1. The molecule has 0 unspecified atom stereocenters. The molecule has 0 bridgehead atoms. The molecule has 0 saturated carbocycles. The summed E-state index contributed by atoms with van der Waals surface area (Å²) in [6.07, 6.45) is 1.41. The molecule has 0 N–H and O–H groups in total. The maximum Gasteiger partial charge on any atom is 0.199 e. The van der Waals surface area contributed by atoms with E-state index in [9.17, 15) is 10.1 Å². The van der Waals surface area contributed by atoms with Crippen molar-refractivity contribution < 1.29 is 4.79 Å². The lowest BCUT2D eigenvalue weighted by atomic mass is 10.0.